The second-order valence-electron chi connectivity index (χ2n) is 3.97. The third-order valence-electron chi connectivity index (χ3n) is 2.64. The molecule has 0 amide bonds. The lowest BCUT2D eigenvalue weighted by molar-refractivity contribution is -0.149. The van der Waals surface area contributed by atoms with Crippen LogP contribution in [0.15, 0.2) is 18.2 Å². The Bertz CT molecular complexity index is 432. The highest BCUT2D eigenvalue weighted by Crippen LogP contribution is 2.36. The van der Waals surface area contributed by atoms with Gasteiger partial charge in [-0.3, -0.25) is 0 Å². The van der Waals surface area contributed by atoms with E-state index in [9.17, 15) is 9.18 Å². The van der Waals surface area contributed by atoms with E-state index in [0.717, 1.165) is 12.8 Å². The molecule has 2 rings (SSSR count). The monoisotopic (exact) mass is 258 g/mol. The molecule has 1 unspecified atom stereocenters. The van der Waals surface area contributed by atoms with Gasteiger partial charge < -0.3 is 9.47 Å². The predicted molar refractivity (Wildman–Crippen MR) is 60.6 cm³/mol. The van der Waals surface area contributed by atoms with Crippen LogP contribution in [0.3, 0.4) is 0 Å². The van der Waals surface area contributed by atoms with E-state index in [-0.39, 0.29) is 10.9 Å². The third kappa shape index (κ3) is 2.88. The van der Waals surface area contributed by atoms with Crippen LogP contribution in [0.2, 0.25) is 5.02 Å². The van der Waals surface area contributed by atoms with E-state index in [1.165, 1.54) is 25.3 Å². The molecular formula is C12H12ClFO3. The van der Waals surface area contributed by atoms with Crippen LogP contribution < -0.4 is 4.74 Å². The Morgan fingerprint density at radius 1 is 1.53 bits per heavy atom. The fraction of sp³-hybridized carbons (Fsp3) is 0.417. The molecule has 0 radical (unpaired) electrons. The highest BCUT2D eigenvalue weighted by Gasteiger charge is 2.39. The van der Waals surface area contributed by atoms with Crippen LogP contribution in [0, 0.1) is 11.7 Å². The fourth-order valence-corrected chi connectivity index (χ4v) is 1.72. The Labute approximate surface area is 103 Å². The molecule has 1 saturated carbocycles. The fourth-order valence-electron chi connectivity index (χ4n) is 1.55. The summed E-state index contributed by atoms with van der Waals surface area (Å²) in [5.41, 5.74) is 0. The van der Waals surface area contributed by atoms with Crippen LogP contribution in [0.1, 0.15) is 12.8 Å². The first-order valence-corrected chi connectivity index (χ1v) is 5.69. The van der Waals surface area contributed by atoms with E-state index in [2.05, 4.69) is 4.74 Å². The first kappa shape index (κ1) is 12.2. The number of halogens is 2. The van der Waals surface area contributed by atoms with Crippen molar-refractivity contribution >= 4 is 17.6 Å². The van der Waals surface area contributed by atoms with E-state index in [0.29, 0.717) is 5.75 Å². The molecular weight excluding hydrogens is 247 g/mol. The lowest BCUT2D eigenvalue weighted by Gasteiger charge is -2.16. The Balaban J connectivity index is 2.11. The number of hydrogen-bond acceptors (Lipinski definition) is 3. The van der Waals surface area contributed by atoms with Gasteiger partial charge in [0.2, 0.25) is 0 Å². The number of ether oxygens (including phenoxy) is 2. The van der Waals surface area contributed by atoms with Gasteiger partial charge in [0, 0.05) is 12.0 Å². The normalized spacial score (nSPS) is 16.4. The number of methoxy groups -OCH3 is 1. The number of esters is 1. The highest BCUT2D eigenvalue weighted by atomic mass is 35.5. The molecule has 1 aromatic carbocycles. The van der Waals surface area contributed by atoms with E-state index >= 15 is 0 Å². The van der Waals surface area contributed by atoms with E-state index in [1.54, 1.807) is 0 Å². The maximum atomic E-state index is 13.0. The Hall–Kier alpha value is -1.29. The zero-order valence-electron chi connectivity index (χ0n) is 9.28. The van der Waals surface area contributed by atoms with Crippen LogP contribution in [0.4, 0.5) is 4.39 Å². The minimum atomic E-state index is -0.624. The van der Waals surface area contributed by atoms with Gasteiger partial charge in [0.15, 0.2) is 6.10 Å². The smallest absolute Gasteiger partial charge is 0.347 e. The molecule has 0 aliphatic heterocycles. The van der Waals surface area contributed by atoms with Gasteiger partial charge >= 0.3 is 5.97 Å². The minimum absolute atomic E-state index is 0.0260. The average molecular weight is 259 g/mol. The molecule has 5 heteroatoms. The van der Waals surface area contributed by atoms with Crippen molar-refractivity contribution in [2.75, 3.05) is 7.11 Å². The number of carbonyl (C=O) groups excluding carboxylic acids is 1. The van der Waals surface area contributed by atoms with Crippen LogP contribution in [-0.2, 0) is 9.53 Å². The summed E-state index contributed by atoms with van der Waals surface area (Å²) in [6.45, 7) is 0. The van der Waals surface area contributed by atoms with Crippen molar-refractivity contribution in [3.63, 3.8) is 0 Å². The lowest BCUT2D eigenvalue weighted by Crippen LogP contribution is -2.30. The highest BCUT2D eigenvalue weighted by molar-refractivity contribution is 6.30. The van der Waals surface area contributed by atoms with Crippen molar-refractivity contribution in [1.82, 2.24) is 0 Å². The van der Waals surface area contributed by atoms with Crippen LogP contribution in [0.5, 0.6) is 5.75 Å². The van der Waals surface area contributed by atoms with Crippen molar-refractivity contribution in [3.05, 3.63) is 29.0 Å². The molecule has 0 bridgehead atoms. The summed E-state index contributed by atoms with van der Waals surface area (Å²) in [5.74, 6) is -0.363. The third-order valence-corrected chi connectivity index (χ3v) is 2.93. The molecule has 0 spiro atoms. The SMILES string of the molecule is COC(=O)C(Oc1ccc(F)c(Cl)c1)C1CC1. The van der Waals surface area contributed by atoms with Gasteiger partial charge in [-0.15, -0.1) is 0 Å². The van der Waals surface area contributed by atoms with Gasteiger partial charge in [0.25, 0.3) is 0 Å². The van der Waals surface area contributed by atoms with Crippen molar-refractivity contribution in [2.24, 2.45) is 5.92 Å². The maximum absolute atomic E-state index is 13.0. The second-order valence-corrected chi connectivity index (χ2v) is 4.38. The van der Waals surface area contributed by atoms with Gasteiger partial charge in [-0.05, 0) is 25.0 Å². The molecule has 1 aliphatic carbocycles. The summed E-state index contributed by atoms with van der Waals surface area (Å²) in [5, 5.41) is -0.0260. The molecule has 1 atom stereocenters. The first-order chi connectivity index (χ1) is 8.11. The van der Waals surface area contributed by atoms with Gasteiger partial charge in [0.05, 0.1) is 12.1 Å². The summed E-state index contributed by atoms with van der Waals surface area (Å²) in [7, 11) is 1.32. The summed E-state index contributed by atoms with van der Waals surface area (Å²) in [6, 6.07) is 4.01. The Kier molecular flexibility index (Phi) is 3.52. The van der Waals surface area contributed by atoms with Crippen molar-refractivity contribution in [1.29, 1.82) is 0 Å². The zero-order valence-corrected chi connectivity index (χ0v) is 10.0. The minimum Gasteiger partial charge on any atom is -0.478 e. The van der Waals surface area contributed by atoms with Gasteiger partial charge in [-0.1, -0.05) is 11.6 Å². The van der Waals surface area contributed by atoms with Gasteiger partial charge in [-0.25, -0.2) is 9.18 Å². The van der Waals surface area contributed by atoms with Crippen LogP contribution in [-0.4, -0.2) is 19.2 Å². The van der Waals surface area contributed by atoms with Gasteiger partial charge in [0.1, 0.15) is 11.6 Å². The quantitative estimate of drug-likeness (QED) is 0.779. The number of carbonyl (C=O) groups is 1. The zero-order chi connectivity index (χ0) is 12.4. The van der Waals surface area contributed by atoms with E-state index in [1.807, 2.05) is 0 Å². The summed E-state index contributed by atoms with van der Waals surface area (Å²) < 4.78 is 23.1. The molecule has 3 nitrogen and oxygen atoms in total. The number of hydrogen-bond donors (Lipinski definition) is 0. The molecule has 0 aromatic heterocycles. The average Bonchev–Trinajstić information content (AvgIpc) is 3.13. The summed E-state index contributed by atoms with van der Waals surface area (Å²) in [4.78, 5) is 11.5. The molecule has 1 aliphatic rings. The molecule has 0 N–H and O–H groups in total. The Morgan fingerprint density at radius 3 is 2.76 bits per heavy atom. The number of rotatable bonds is 4. The van der Waals surface area contributed by atoms with Crippen molar-refractivity contribution < 1.29 is 18.7 Å². The van der Waals surface area contributed by atoms with E-state index < -0.39 is 17.9 Å². The van der Waals surface area contributed by atoms with Crippen molar-refractivity contribution in [3.8, 4) is 5.75 Å². The largest absolute Gasteiger partial charge is 0.478 e. The number of benzene rings is 1. The molecule has 0 saturated heterocycles. The van der Waals surface area contributed by atoms with Crippen LogP contribution >= 0.6 is 11.6 Å². The summed E-state index contributed by atoms with van der Waals surface area (Å²) >= 11 is 5.63. The first-order valence-electron chi connectivity index (χ1n) is 5.31. The Morgan fingerprint density at radius 2 is 2.24 bits per heavy atom. The van der Waals surface area contributed by atoms with Crippen LogP contribution in [0.25, 0.3) is 0 Å². The second kappa shape index (κ2) is 4.92. The molecule has 1 fully saturated rings. The lowest BCUT2D eigenvalue weighted by atomic mass is 10.2. The predicted octanol–water partition coefficient (Wildman–Crippen LogP) is 2.81. The van der Waals surface area contributed by atoms with Crippen molar-refractivity contribution in [2.45, 2.75) is 18.9 Å². The standard InChI is InChI=1S/C12H12ClFO3/c1-16-12(15)11(7-2-3-7)17-8-4-5-10(14)9(13)6-8/h4-7,11H,2-3H2,1H3. The molecule has 0 heterocycles. The van der Waals surface area contributed by atoms with Gasteiger partial charge in [-0.2, -0.15) is 0 Å². The summed E-state index contributed by atoms with van der Waals surface area (Å²) in [6.07, 6.45) is 1.25. The molecule has 92 valence electrons. The molecule has 1 aromatic rings. The van der Waals surface area contributed by atoms with E-state index in [4.69, 9.17) is 16.3 Å². The maximum Gasteiger partial charge on any atom is 0.347 e. The molecule has 17 heavy (non-hydrogen) atoms. The topological polar surface area (TPSA) is 35.5 Å².